The highest BCUT2D eigenvalue weighted by Crippen LogP contribution is 2.33. The predicted octanol–water partition coefficient (Wildman–Crippen LogP) is 2.43. The van der Waals surface area contributed by atoms with Gasteiger partial charge >= 0.3 is 11.9 Å². The molecule has 17 nitrogen and oxygen atoms in total. The Morgan fingerprint density at radius 1 is 1.07 bits per heavy atom. The lowest BCUT2D eigenvalue weighted by Crippen LogP contribution is -2.49. The van der Waals surface area contributed by atoms with Crippen LogP contribution in [0.2, 0.25) is 0 Å². The summed E-state index contributed by atoms with van der Waals surface area (Å²) >= 11 is 2.83. The number of benzene rings is 2. The number of nitro groups is 1. The number of carbonyl (C=O) groups excluding carboxylic acids is 3. The largest absolute Gasteiger partial charge is 0.506 e. The highest BCUT2D eigenvalue weighted by Gasteiger charge is 2.26. The van der Waals surface area contributed by atoms with Gasteiger partial charge in [-0.1, -0.05) is 23.3 Å². The first kappa shape index (κ1) is 34.6. The van der Waals surface area contributed by atoms with Crippen molar-refractivity contribution >= 4 is 75.4 Å². The Bertz CT molecular complexity index is 1450. The van der Waals surface area contributed by atoms with E-state index in [1.54, 1.807) is 22.6 Å². The van der Waals surface area contributed by atoms with Gasteiger partial charge in [-0.2, -0.15) is 11.8 Å². The number of non-ortho nitro benzene ring substituents is 1. The maximum Gasteiger partial charge on any atom is 0.326 e. The number of thioether (sulfide) groups is 1. The molecular formula is C24H24IN7O10S. The zero-order valence-corrected chi connectivity index (χ0v) is 24.9. The molecule has 19 heteroatoms. The van der Waals surface area contributed by atoms with Gasteiger partial charge in [0, 0.05) is 35.0 Å². The van der Waals surface area contributed by atoms with Crippen molar-refractivity contribution in [3.05, 3.63) is 71.7 Å². The van der Waals surface area contributed by atoms with Gasteiger partial charge in [0.25, 0.3) is 11.6 Å². The molecule has 0 aliphatic carbocycles. The highest BCUT2D eigenvalue weighted by molar-refractivity contribution is 14.1. The Morgan fingerprint density at radius 2 is 1.74 bits per heavy atom. The lowest BCUT2D eigenvalue weighted by atomic mass is 10.1. The molecule has 0 aliphatic heterocycles. The van der Waals surface area contributed by atoms with Gasteiger partial charge in [-0.05, 0) is 46.2 Å². The van der Waals surface area contributed by atoms with Crippen LogP contribution < -0.4 is 16.0 Å². The molecule has 0 unspecified atom stereocenters. The monoisotopic (exact) mass is 727 g/mol. The fraction of sp³-hybridized carbons (Fsp3) is 0.292. The molecule has 0 bridgehead atoms. The number of nitrogens with zero attached hydrogens (tertiary/aromatic N) is 4. The van der Waals surface area contributed by atoms with E-state index in [0.717, 1.165) is 6.07 Å². The molecule has 0 heterocycles. The van der Waals surface area contributed by atoms with Crippen molar-refractivity contribution in [2.75, 3.05) is 12.3 Å². The third-order valence-electron chi connectivity index (χ3n) is 5.52. The number of halogens is 1. The maximum absolute atomic E-state index is 12.6. The van der Waals surface area contributed by atoms with E-state index in [2.05, 4.69) is 26.0 Å². The summed E-state index contributed by atoms with van der Waals surface area (Å²) in [5, 5.41) is 49.7. The minimum Gasteiger partial charge on any atom is -0.506 e. The maximum atomic E-state index is 12.6. The van der Waals surface area contributed by atoms with Crippen LogP contribution in [0.5, 0.6) is 5.75 Å². The van der Waals surface area contributed by atoms with E-state index in [1.165, 1.54) is 42.1 Å². The molecule has 2 atom stereocenters. The van der Waals surface area contributed by atoms with Crippen LogP contribution in [0.1, 0.15) is 28.8 Å². The number of hydrogen-bond donors (Lipinski definition) is 6. The molecule has 2 aromatic carbocycles. The van der Waals surface area contributed by atoms with Crippen LogP contribution in [0.15, 0.2) is 41.5 Å². The minimum atomic E-state index is -1.57. The molecule has 3 amide bonds. The number of aromatic hydroxyl groups is 1. The Kier molecular flexibility index (Phi) is 13.5. The molecular weight excluding hydrogens is 703 g/mol. The van der Waals surface area contributed by atoms with Gasteiger partial charge in [0.15, 0.2) is 0 Å². The second-order valence-electron chi connectivity index (χ2n) is 8.56. The van der Waals surface area contributed by atoms with Crippen molar-refractivity contribution in [3.8, 4) is 5.75 Å². The summed E-state index contributed by atoms with van der Waals surface area (Å²) in [6, 6.07) is 5.30. The number of aliphatic carboxylic acids is 2. The fourth-order valence-corrected chi connectivity index (χ4v) is 4.97. The van der Waals surface area contributed by atoms with E-state index in [9.17, 15) is 44.3 Å². The molecule has 0 spiro atoms. The van der Waals surface area contributed by atoms with E-state index in [-0.39, 0.29) is 26.3 Å². The normalized spacial score (nSPS) is 11.7. The number of nitro benzene ring substituents is 1. The number of amides is 3. The highest BCUT2D eigenvalue weighted by atomic mass is 125. The van der Waals surface area contributed by atoms with Crippen molar-refractivity contribution in [3.63, 3.8) is 0 Å². The van der Waals surface area contributed by atoms with Crippen LogP contribution in [0.4, 0.5) is 11.4 Å². The number of phenolic OH excluding ortho intramolecular Hbond substituents is 1. The van der Waals surface area contributed by atoms with Crippen LogP contribution in [0.25, 0.3) is 10.4 Å². The smallest absolute Gasteiger partial charge is 0.326 e. The van der Waals surface area contributed by atoms with Crippen LogP contribution in [-0.2, 0) is 24.9 Å². The fourth-order valence-electron chi connectivity index (χ4n) is 3.38. The predicted molar refractivity (Wildman–Crippen MR) is 160 cm³/mol. The lowest BCUT2D eigenvalue weighted by Gasteiger charge is -2.19. The molecule has 2 aromatic rings. The minimum absolute atomic E-state index is 0.0168. The number of nitrogens with one attached hydrogen (secondary N) is 3. The zero-order valence-electron chi connectivity index (χ0n) is 21.9. The third-order valence-corrected chi connectivity index (χ3v) is 7.69. The number of hydrogen-bond acceptors (Lipinski definition) is 10. The Hall–Kier alpha value is -4.62. The Morgan fingerprint density at radius 3 is 2.33 bits per heavy atom. The van der Waals surface area contributed by atoms with Crippen LogP contribution in [0.3, 0.4) is 0 Å². The lowest BCUT2D eigenvalue weighted by molar-refractivity contribution is -0.384. The second kappa shape index (κ2) is 16.7. The quantitative estimate of drug-likeness (QED) is 0.0365. The summed E-state index contributed by atoms with van der Waals surface area (Å²) in [7, 11) is 0. The van der Waals surface area contributed by atoms with E-state index in [4.69, 9.17) is 10.6 Å². The number of carboxylic acids is 2. The molecule has 228 valence electrons. The van der Waals surface area contributed by atoms with Gasteiger partial charge in [-0.25, -0.2) is 4.79 Å². The van der Waals surface area contributed by atoms with E-state index >= 15 is 0 Å². The van der Waals surface area contributed by atoms with Crippen molar-refractivity contribution in [2.45, 2.75) is 30.7 Å². The summed E-state index contributed by atoms with van der Waals surface area (Å²) in [6.45, 7) is -0.707. The number of rotatable bonds is 16. The molecule has 0 fully saturated rings. The van der Waals surface area contributed by atoms with Gasteiger partial charge in [-0.3, -0.25) is 29.3 Å². The topological polar surface area (TPSA) is 274 Å². The van der Waals surface area contributed by atoms with E-state index < -0.39 is 71.8 Å². The first-order valence-electron chi connectivity index (χ1n) is 12.0. The van der Waals surface area contributed by atoms with E-state index in [1.807, 2.05) is 0 Å². The van der Waals surface area contributed by atoms with E-state index in [0.29, 0.717) is 11.3 Å². The molecule has 6 N–H and O–H groups in total. The summed E-state index contributed by atoms with van der Waals surface area (Å²) in [5.74, 6) is -5.57. The van der Waals surface area contributed by atoms with Gasteiger partial charge in [0.1, 0.15) is 24.4 Å². The van der Waals surface area contributed by atoms with Crippen LogP contribution in [-0.4, -0.2) is 74.3 Å². The zero-order chi connectivity index (χ0) is 32.1. The third kappa shape index (κ3) is 10.9. The van der Waals surface area contributed by atoms with Crippen molar-refractivity contribution in [1.29, 1.82) is 0 Å². The van der Waals surface area contributed by atoms with Gasteiger partial charge in [0.05, 0.1) is 19.7 Å². The standard InChI is InChI=1S/C24H24IN7O10S/c25-20-15(30-31-26)6-5-14(21(20)36)22(37)29-16(24(39)40)7-8-18(33)28-17(23(38)27-9-19(34)35)11-43-10-12-1-3-13(4-2-12)32(41)42/h1-6,16-17,36H,7-11H2,(H,27,38)(H,28,33)(H,29,37)(H,34,35)(H,39,40)/t16-,17-/m0/s1/i25-2. The number of azide groups is 1. The average Bonchev–Trinajstić information content (AvgIpc) is 2.95. The number of carbonyl (C=O) groups is 5. The summed E-state index contributed by atoms with van der Waals surface area (Å²) in [5.41, 5.74) is 8.93. The summed E-state index contributed by atoms with van der Waals surface area (Å²) in [4.78, 5) is 73.3. The Balaban J connectivity index is 2.03. The molecule has 0 aliphatic rings. The molecule has 2 rings (SSSR count). The summed E-state index contributed by atoms with van der Waals surface area (Å²) < 4.78 is 0.0629. The van der Waals surface area contributed by atoms with Gasteiger partial charge in [-0.15, -0.1) is 0 Å². The molecule has 0 radical (unpaired) electrons. The van der Waals surface area contributed by atoms with Crippen molar-refractivity contribution in [2.24, 2.45) is 5.11 Å². The average molecular weight is 727 g/mol. The van der Waals surface area contributed by atoms with Crippen LogP contribution >= 0.6 is 34.4 Å². The van der Waals surface area contributed by atoms with Gasteiger partial charge in [0.2, 0.25) is 11.8 Å². The SMILES string of the molecule is [N-]=[N+]=Nc1ccc(C(=O)N[C@@H](CCC(=O)N[C@@H](CSCc2ccc([N+](=O)[O-])cc2)C(=O)NCC(=O)O)C(=O)O)c(O)c1[125I]. The molecule has 0 saturated carbocycles. The second-order valence-corrected chi connectivity index (χ2v) is 10.7. The molecule has 0 aromatic heterocycles. The van der Waals surface area contributed by atoms with Gasteiger partial charge < -0.3 is 31.3 Å². The molecule has 0 saturated heterocycles. The number of phenols is 1. The molecule has 43 heavy (non-hydrogen) atoms. The Labute approximate surface area is 260 Å². The summed E-state index contributed by atoms with van der Waals surface area (Å²) in [6.07, 6.45) is -0.854. The van der Waals surface area contributed by atoms with Crippen molar-refractivity contribution in [1.82, 2.24) is 16.0 Å². The first-order valence-corrected chi connectivity index (χ1v) is 14.3. The van der Waals surface area contributed by atoms with Crippen molar-refractivity contribution < 1.29 is 44.2 Å². The number of carboxylic acid groups (broad SMARTS) is 2. The van der Waals surface area contributed by atoms with Crippen LogP contribution in [0, 0.1) is 13.7 Å². The first-order chi connectivity index (χ1) is 20.3.